The highest BCUT2D eigenvalue weighted by molar-refractivity contribution is 5.92. The molecule has 1 saturated carbocycles. The Labute approximate surface area is 175 Å². The maximum atomic E-state index is 13.0. The van der Waals surface area contributed by atoms with E-state index in [0.29, 0.717) is 17.8 Å². The Balaban J connectivity index is 1.25. The van der Waals surface area contributed by atoms with Gasteiger partial charge >= 0.3 is 0 Å². The fraction of sp³-hybridized carbons (Fsp3) is 0.409. The smallest absolute Gasteiger partial charge is 0.276 e. The zero-order valence-corrected chi connectivity index (χ0v) is 17.1. The minimum Gasteiger partial charge on any atom is -0.350 e. The van der Waals surface area contributed by atoms with Gasteiger partial charge in [0, 0.05) is 36.9 Å². The molecule has 1 aliphatic carbocycles. The molecule has 2 fully saturated rings. The van der Waals surface area contributed by atoms with Gasteiger partial charge in [-0.2, -0.15) is 9.90 Å². The Morgan fingerprint density at radius 1 is 1.03 bits per heavy atom. The monoisotopic (exact) mass is 403 g/mol. The molecule has 30 heavy (non-hydrogen) atoms. The van der Waals surface area contributed by atoms with E-state index >= 15 is 0 Å². The number of aromatic nitrogens is 5. The van der Waals surface area contributed by atoms with Crippen molar-refractivity contribution in [1.29, 1.82) is 0 Å². The van der Waals surface area contributed by atoms with E-state index in [9.17, 15) is 4.79 Å². The van der Waals surface area contributed by atoms with Crippen molar-refractivity contribution >= 4 is 11.7 Å². The lowest BCUT2D eigenvalue weighted by Crippen LogP contribution is -2.48. The highest BCUT2D eigenvalue weighted by atomic mass is 16.2. The molecule has 8 heteroatoms. The third kappa shape index (κ3) is 3.77. The summed E-state index contributed by atoms with van der Waals surface area (Å²) < 4.78 is 0. The molecule has 0 N–H and O–H groups in total. The number of carbonyl (C=O) groups is 1. The maximum Gasteiger partial charge on any atom is 0.276 e. The van der Waals surface area contributed by atoms with Gasteiger partial charge in [0.15, 0.2) is 5.69 Å². The SMILES string of the molecule is Cc1cc(N(C2CC2)C2CCN(C(=O)c3cnn(-c4ccccc4)n3)CC2)ncn1. The van der Waals surface area contributed by atoms with Crippen molar-refractivity contribution in [2.24, 2.45) is 0 Å². The van der Waals surface area contributed by atoms with Gasteiger partial charge in [0.2, 0.25) is 0 Å². The molecule has 2 aromatic heterocycles. The number of likely N-dealkylation sites (tertiary alicyclic amines) is 1. The molecule has 0 radical (unpaired) electrons. The van der Waals surface area contributed by atoms with Crippen LogP contribution in [0.15, 0.2) is 48.9 Å². The molecule has 5 rings (SSSR count). The molecule has 3 aromatic rings. The summed E-state index contributed by atoms with van der Waals surface area (Å²) in [6, 6.07) is 12.7. The van der Waals surface area contributed by atoms with E-state index in [1.165, 1.54) is 17.6 Å². The first-order valence-electron chi connectivity index (χ1n) is 10.5. The van der Waals surface area contributed by atoms with Crippen molar-refractivity contribution in [3.63, 3.8) is 0 Å². The van der Waals surface area contributed by atoms with E-state index in [0.717, 1.165) is 43.1 Å². The van der Waals surface area contributed by atoms with E-state index in [1.54, 1.807) is 12.5 Å². The number of piperidine rings is 1. The summed E-state index contributed by atoms with van der Waals surface area (Å²) in [6.45, 7) is 3.43. The number of anilines is 1. The van der Waals surface area contributed by atoms with E-state index < -0.39 is 0 Å². The van der Waals surface area contributed by atoms with Crippen LogP contribution < -0.4 is 4.90 Å². The third-order valence-electron chi connectivity index (χ3n) is 5.84. The average Bonchev–Trinajstić information content (AvgIpc) is 3.48. The van der Waals surface area contributed by atoms with Crippen LogP contribution in [0.2, 0.25) is 0 Å². The number of hydrogen-bond donors (Lipinski definition) is 0. The fourth-order valence-corrected chi connectivity index (χ4v) is 4.16. The molecule has 8 nitrogen and oxygen atoms in total. The van der Waals surface area contributed by atoms with Crippen molar-refractivity contribution < 1.29 is 4.79 Å². The number of amides is 1. The standard InChI is InChI=1S/C22H25N7O/c1-16-13-21(24-15-23-16)28(17-7-8-17)18-9-11-27(12-10-18)22(30)20-14-25-29(26-20)19-5-3-2-4-6-19/h2-6,13-15,17-18H,7-12H2,1H3. The van der Waals surface area contributed by atoms with E-state index in [-0.39, 0.29) is 5.91 Å². The van der Waals surface area contributed by atoms with E-state index in [4.69, 9.17) is 0 Å². The number of hydrogen-bond acceptors (Lipinski definition) is 6. The third-order valence-corrected chi connectivity index (χ3v) is 5.84. The van der Waals surface area contributed by atoms with Gasteiger partial charge in [0.1, 0.15) is 12.1 Å². The van der Waals surface area contributed by atoms with Gasteiger partial charge in [-0.25, -0.2) is 9.97 Å². The zero-order valence-electron chi connectivity index (χ0n) is 17.1. The second-order valence-electron chi connectivity index (χ2n) is 8.03. The Morgan fingerprint density at radius 3 is 2.47 bits per heavy atom. The number of para-hydroxylation sites is 1. The molecular weight excluding hydrogens is 378 g/mol. The van der Waals surface area contributed by atoms with Gasteiger partial charge < -0.3 is 9.80 Å². The van der Waals surface area contributed by atoms with Gasteiger partial charge in [0.25, 0.3) is 5.91 Å². The average molecular weight is 403 g/mol. The molecule has 1 saturated heterocycles. The summed E-state index contributed by atoms with van der Waals surface area (Å²) >= 11 is 0. The van der Waals surface area contributed by atoms with Crippen molar-refractivity contribution in [1.82, 2.24) is 29.9 Å². The van der Waals surface area contributed by atoms with E-state index in [2.05, 4.69) is 31.1 Å². The van der Waals surface area contributed by atoms with Gasteiger partial charge in [-0.05, 0) is 44.7 Å². The van der Waals surface area contributed by atoms with Crippen molar-refractivity contribution in [2.45, 2.75) is 44.7 Å². The Morgan fingerprint density at radius 2 is 1.77 bits per heavy atom. The molecule has 0 bridgehead atoms. The summed E-state index contributed by atoms with van der Waals surface area (Å²) in [6.07, 6.45) is 7.49. The lowest BCUT2D eigenvalue weighted by molar-refractivity contribution is 0.0705. The quantitative estimate of drug-likeness (QED) is 0.652. The highest BCUT2D eigenvalue weighted by Crippen LogP contribution is 2.35. The second kappa shape index (κ2) is 7.85. The predicted octanol–water partition coefficient (Wildman–Crippen LogP) is 2.64. The fourth-order valence-electron chi connectivity index (χ4n) is 4.16. The van der Waals surface area contributed by atoms with Crippen molar-refractivity contribution in [3.05, 3.63) is 60.3 Å². The minimum absolute atomic E-state index is 0.0496. The molecule has 0 spiro atoms. The normalized spacial score (nSPS) is 17.2. The van der Waals surface area contributed by atoms with Crippen LogP contribution in [-0.2, 0) is 0 Å². The van der Waals surface area contributed by atoms with Crippen LogP contribution in [0.5, 0.6) is 0 Å². The zero-order chi connectivity index (χ0) is 20.5. The first-order chi connectivity index (χ1) is 14.7. The van der Waals surface area contributed by atoms with Crippen LogP contribution in [0.25, 0.3) is 5.69 Å². The van der Waals surface area contributed by atoms with Crippen molar-refractivity contribution in [2.75, 3.05) is 18.0 Å². The van der Waals surface area contributed by atoms with Crippen LogP contribution in [-0.4, -0.2) is 60.9 Å². The van der Waals surface area contributed by atoms with Crippen LogP contribution in [0.3, 0.4) is 0 Å². The lowest BCUT2D eigenvalue weighted by Gasteiger charge is -2.39. The largest absolute Gasteiger partial charge is 0.350 e. The van der Waals surface area contributed by atoms with E-state index in [1.807, 2.05) is 42.2 Å². The first kappa shape index (κ1) is 18.7. The maximum absolute atomic E-state index is 13.0. The van der Waals surface area contributed by atoms with Gasteiger partial charge in [-0.3, -0.25) is 4.79 Å². The second-order valence-corrected chi connectivity index (χ2v) is 8.03. The number of aryl methyl sites for hydroxylation is 1. The molecule has 3 heterocycles. The number of carbonyl (C=O) groups excluding carboxylic acids is 1. The topological polar surface area (TPSA) is 80.0 Å². The molecule has 1 aromatic carbocycles. The number of rotatable bonds is 5. The lowest BCUT2D eigenvalue weighted by atomic mass is 10.0. The van der Waals surface area contributed by atoms with Crippen LogP contribution in [0.4, 0.5) is 5.82 Å². The van der Waals surface area contributed by atoms with Crippen molar-refractivity contribution in [3.8, 4) is 5.69 Å². The predicted molar refractivity (Wildman–Crippen MR) is 113 cm³/mol. The summed E-state index contributed by atoms with van der Waals surface area (Å²) in [5.41, 5.74) is 2.22. The summed E-state index contributed by atoms with van der Waals surface area (Å²) in [7, 11) is 0. The summed E-state index contributed by atoms with van der Waals surface area (Å²) in [5, 5.41) is 8.65. The summed E-state index contributed by atoms with van der Waals surface area (Å²) in [5.74, 6) is 0.965. The molecule has 1 amide bonds. The highest BCUT2D eigenvalue weighted by Gasteiger charge is 2.37. The van der Waals surface area contributed by atoms with Crippen LogP contribution >= 0.6 is 0 Å². The molecule has 0 atom stereocenters. The minimum atomic E-state index is -0.0496. The van der Waals surface area contributed by atoms with Crippen LogP contribution in [0.1, 0.15) is 41.9 Å². The molecule has 154 valence electrons. The Bertz CT molecular complexity index is 1020. The molecular formula is C22H25N7O. The summed E-state index contributed by atoms with van der Waals surface area (Å²) in [4.78, 5) is 27.6. The molecule has 1 aliphatic heterocycles. The Kier molecular flexibility index (Phi) is 4.90. The molecule has 0 unspecified atom stereocenters. The molecule has 2 aliphatic rings. The van der Waals surface area contributed by atoms with Gasteiger partial charge in [0.05, 0.1) is 11.9 Å². The van der Waals surface area contributed by atoms with Crippen LogP contribution in [0, 0.1) is 6.92 Å². The van der Waals surface area contributed by atoms with Gasteiger partial charge in [-0.1, -0.05) is 18.2 Å². The first-order valence-corrected chi connectivity index (χ1v) is 10.5. The Hall–Kier alpha value is -3.29. The number of benzene rings is 1. The van der Waals surface area contributed by atoms with Gasteiger partial charge in [-0.15, -0.1) is 5.10 Å². The number of nitrogens with zero attached hydrogens (tertiary/aromatic N) is 7.